The number of hydrogen-bond donors (Lipinski definition) is 1. The first-order valence-electron chi connectivity index (χ1n) is 4.73. The SMILES string of the molecule is Oc1c(Cl)cc(-c2cc(Cl)c(Cl)cc2Cl)cc1Cl. The van der Waals surface area contributed by atoms with Crippen LogP contribution in [-0.4, -0.2) is 5.11 Å². The molecule has 2 aromatic rings. The summed E-state index contributed by atoms with van der Waals surface area (Å²) in [4.78, 5) is 0. The lowest BCUT2D eigenvalue weighted by molar-refractivity contribution is 0.476. The van der Waals surface area contributed by atoms with Gasteiger partial charge in [-0.15, -0.1) is 0 Å². The Labute approximate surface area is 129 Å². The Morgan fingerprint density at radius 1 is 0.611 bits per heavy atom. The fourth-order valence-electron chi connectivity index (χ4n) is 1.46. The van der Waals surface area contributed by atoms with Gasteiger partial charge in [-0.1, -0.05) is 58.0 Å². The molecule has 2 rings (SSSR count). The molecule has 0 fully saturated rings. The van der Waals surface area contributed by atoms with Crippen molar-refractivity contribution in [3.05, 3.63) is 49.4 Å². The van der Waals surface area contributed by atoms with Crippen molar-refractivity contribution in [2.75, 3.05) is 0 Å². The second-order valence-electron chi connectivity index (χ2n) is 3.53. The van der Waals surface area contributed by atoms with E-state index in [9.17, 15) is 5.11 Å². The van der Waals surface area contributed by atoms with Gasteiger partial charge in [0.05, 0.1) is 20.1 Å². The Bertz CT molecular complexity index is 601. The van der Waals surface area contributed by atoms with Gasteiger partial charge in [0.1, 0.15) is 0 Å². The minimum Gasteiger partial charge on any atom is -0.505 e. The van der Waals surface area contributed by atoms with Crippen LogP contribution < -0.4 is 0 Å². The summed E-state index contributed by atoms with van der Waals surface area (Å²) in [5, 5.41) is 10.9. The summed E-state index contributed by atoms with van der Waals surface area (Å²) in [5.74, 6) is -0.168. The number of halogens is 5. The highest BCUT2D eigenvalue weighted by Gasteiger charge is 2.12. The van der Waals surface area contributed by atoms with Gasteiger partial charge in [0.2, 0.25) is 0 Å². The van der Waals surface area contributed by atoms with Crippen molar-refractivity contribution >= 4 is 58.0 Å². The highest BCUT2D eigenvalue weighted by molar-refractivity contribution is 6.44. The normalized spacial score (nSPS) is 10.7. The van der Waals surface area contributed by atoms with Crippen molar-refractivity contribution in [3.8, 4) is 16.9 Å². The number of benzene rings is 2. The van der Waals surface area contributed by atoms with Crippen molar-refractivity contribution in [2.45, 2.75) is 0 Å². The van der Waals surface area contributed by atoms with Gasteiger partial charge in [-0.3, -0.25) is 0 Å². The van der Waals surface area contributed by atoms with E-state index in [1.165, 1.54) is 6.07 Å². The average molecular weight is 342 g/mol. The largest absolute Gasteiger partial charge is 0.505 e. The van der Waals surface area contributed by atoms with Gasteiger partial charge < -0.3 is 5.11 Å². The maximum Gasteiger partial charge on any atom is 0.152 e. The molecule has 0 aliphatic heterocycles. The van der Waals surface area contributed by atoms with E-state index in [-0.39, 0.29) is 15.8 Å². The van der Waals surface area contributed by atoms with E-state index in [0.717, 1.165) is 0 Å². The first kappa shape index (κ1) is 14.1. The van der Waals surface area contributed by atoms with Crippen LogP contribution in [0.2, 0.25) is 25.1 Å². The van der Waals surface area contributed by atoms with Crippen molar-refractivity contribution in [1.29, 1.82) is 0 Å². The maximum atomic E-state index is 9.50. The molecule has 18 heavy (non-hydrogen) atoms. The number of aromatic hydroxyl groups is 1. The number of hydrogen-bond acceptors (Lipinski definition) is 1. The van der Waals surface area contributed by atoms with Crippen LogP contribution in [0.25, 0.3) is 11.1 Å². The predicted octanol–water partition coefficient (Wildman–Crippen LogP) is 6.33. The Kier molecular flexibility index (Phi) is 4.20. The van der Waals surface area contributed by atoms with Crippen LogP contribution in [0.3, 0.4) is 0 Å². The third-order valence-corrected chi connectivity index (χ3v) is 3.95. The molecule has 0 bridgehead atoms. The Balaban J connectivity index is 2.66. The Hall–Kier alpha value is -0.310. The van der Waals surface area contributed by atoms with E-state index in [1.807, 2.05) is 0 Å². The second kappa shape index (κ2) is 5.36. The molecule has 0 heterocycles. The van der Waals surface area contributed by atoms with Crippen LogP contribution in [-0.2, 0) is 0 Å². The lowest BCUT2D eigenvalue weighted by atomic mass is 10.1. The minimum absolute atomic E-state index is 0.139. The van der Waals surface area contributed by atoms with Crippen molar-refractivity contribution in [1.82, 2.24) is 0 Å². The van der Waals surface area contributed by atoms with Crippen molar-refractivity contribution < 1.29 is 5.11 Å². The van der Waals surface area contributed by atoms with Gasteiger partial charge in [-0.05, 0) is 29.8 Å². The third-order valence-electron chi connectivity index (χ3n) is 2.34. The fraction of sp³-hybridized carbons (Fsp3) is 0. The summed E-state index contributed by atoms with van der Waals surface area (Å²) >= 11 is 29.6. The van der Waals surface area contributed by atoms with Gasteiger partial charge in [-0.25, -0.2) is 0 Å². The molecule has 0 saturated heterocycles. The van der Waals surface area contributed by atoms with E-state index in [2.05, 4.69) is 0 Å². The van der Waals surface area contributed by atoms with Crippen LogP contribution >= 0.6 is 58.0 Å². The molecular weight excluding hydrogens is 337 g/mol. The van der Waals surface area contributed by atoms with Crippen molar-refractivity contribution in [2.24, 2.45) is 0 Å². The standard InChI is InChI=1S/C12H5Cl5O/c13-7-4-9(15)8(14)3-6(7)5-1-10(16)12(18)11(17)2-5/h1-4,18H. The second-order valence-corrected chi connectivity index (χ2v) is 5.57. The number of rotatable bonds is 1. The molecule has 0 unspecified atom stereocenters. The summed E-state index contributed by atoms with van der Waals surface area (Å²) in [6, 6.07) is 6.25. The van der Waals surface area contributed by atoms with Crippen LogP contribution in [0.1, 0.15) is 0 Å². The number of phenolic OH excluding ortho intramolecular Hbond substituents is 1. The summed E-state index contributed by atoms with van der Waals surface area (Å²) in [7, 11) is 0. The monoisotopic (exact) mass is 340 g/mol. The maximum absolute atomic E-state index is 9.50. The molecule has 94 valence electrons. The van der Waals surface area contributed by atoms with Crippen LogP contribution in [0, 0.1) is 0 Å². The van der Waals surface area contributed by atoms with E-state index < -0.39 is 0 Å². The minimum atomic E-state index is -0.168. The molecule has 1 nitrogen and oxygen atoms in total. The molecule has 0 aromatic heterocycles. The van der Waals surface area contributed by atoms with E-state index in [4.69, 9.17) is 58.0 Å². The predicted molar refractivity (Wildman–Crippen MR) is 78.6 cm³/mol. The van der Waals surface area contributed by atoms with Crippen molar-refractivity contribution in [3.63, 3.8) is 0 Å². The lowest BCUT2D eigenvalue weighted by Crippen LogP contribution is -1.83. The van der Waals surface area contributed by atoms with Gasteiger partial charge in [-0.2, -0.15) is 0 Å². The summed E-state index contributed by atoms with van der Waals surface area (Å²) in [5.41, 5.74) is 1.28. The summed E-state index contributed by atoms with van der Waals surface area (Å²) in [6.45, 7) is 0. The molecule has 0 saturated carbocycles. The van der Waals surface area contributed by atoms with Crippen LogP contribution in [0.15, 0.2) is 24.3 Å². The van der Waals surface area contributed by atoms with Gasteiger partial charge in [0.25, 0.3) is 0 Å². The van der Waals surface area contributed by atoms with Crippen LogP contribution in [0.4, 0.5) is 0 Å². The molecule has 0 atom stereocenters. The zero-order chi connectivity index (χ0) is 13.4. The molecule has 0 radical (unpaired) electrons. The zero-order valence-corrected chi connectivity index (χ0v) is 12.4. The first-order valence-corrected chi connectivity index (χ1v) is 6.62. The molecule has 0 aliphatic carbocycles. The smallest absolute Gasteiger partial charge is 0.152 e. The van der Waals surface area contributed by atoms with Gasteiger partial charge in [0, 0.05) is 10.6 Å². The van der Waals surface area contributed by atoms with E-state index >= 15 is 0 Å². The Morgan fingerprint density at radius 2 is 1.11 bits per heavy atom. The molecule has 1 N–H and O–H groups in total. The molecule has 6 heteroatoms. The van der Waals surface area contributed by atoms with E-state index in [0.29, 0.717) is 26.2 Å². The molecule has 0 spiro atoms. The molecule has 0 amide bonds. The molecule has 0 aliphatic rings. The summed E-state index contributed by atoms with van der Waals surface area (Å²) in [6.07, 6.45) is 0. The Morgan fingerprint density at radius 3 is 1.67 bits per heavy atom. The highest BCUT2D eigenvalue weighted by Crippen LogP contribution is 2.40. The zero-order valence-electron chi connectivity index (χ0n) is 8.65. The number of phenols is 1. The molecule has 2 aromatic carbocycles. The average Bonchev–Trinajstić information content (AvgIpc) is 2.30. The summed E-state index contributed by atoms with van der Waals surface area (Å²) < 4.78 is 0. The molecular formula is C12H5Cl5O. The quantitative estimate of drug-likeness (QED) is 0.601. The van der Waals surface area contributed by atoms with E-state index in [1.54, 1.807) is 18.2 Å². The van der Waals surface area contributed by atoms with Crippen LogP contribution in [0.5, 0.6) is 5.75 Å². The first-order chi connectivity index (χ1) is 8.40. The highest BCUT2D eigenvalue weighted by atomic mass is 35.5. The van der Waals surface area contributed by atoms with Gasteiger partial charge in [0.15, 0.2) is 5.75 Å². The van der Waals surface area contributed by atoms with Gasteiger partial charge >= 0.3 is 0 Å². The lowest BCUT2D eigenvalue weighted by Gasteiger charge is -2.09. The third kappa shape index (κ3) is 2.66. The topological polar surface area (TPSA) is 20.2 Å². The fourth-order valence-corrected chi connectivity index (χ4v) is 2.61.